The van der Waals surface area contributed by atoms with Crippen LogP contribution in [-0.2, 0) is 6.42 Å². The Hall–Kier alpha value is -1.59. The summed E-state index contributed by atoms with van der Waals surface area (Å²) in [6.07, 6.45) is 9.05. The molecule has 0 saturated heterocycles. The van der Waals surface area contributed by atoms with Crippen LogP contribution in [0.3, 0.4) is 0 Å². The summed E-state index contributed by atoms with van der Waals surface area (Å²) in [5, 5.41) is 15.4. The standard InChI is InChI=1S/C13H17N.C3H4O/c1-10-5-7-11(8-6-10)9-12-3-2-4-13(12)14;1-2-3-4/h5-8,12,14H,2-4,9H2,1H3;1,4H,3H2. The lowest BCUT2D eigenvalue weighted by atomic mass is 9.96. The van der Waals surface area contributed by atoms with Crippen LogP contribution in [0.5, 0.6) is 0 Å². The Morgan fingerprint density at radius 3 is 2.44 bits per heavy atom. The highest BCUT2D eigenvalue weighted by Gasteiger charge is 2.20. The van der Waals surface area contributed by atoms with Gasteiger partial charge in [0.2, 0.25) is 0 Å². The van der Waals surface area contributed by atoms with Crippen LogP contribution in [0.2, 0.25) is 0 Å². The Balaban J connectivity index is 0.000000357. The SMILES string of the molecule is C#CCO.Cc1ccc(CC2CCCC2=N)cc1. The van der Waals surface area contributed by atoms with Crippen molar-refractivity contribution in [1.29, 1.82) is 5.41 Å². The maximum absolute atomic E-state index is 7.80. The molecule has 1 aliphatic carbocycles. The molecule has 0 bridgehead atoms. The van der Waals surface area contributed by atoms with Crippen molar-refractivity contribution in [3.63, 3.8) is 0 Å². The molecule has 1 fully saturated rings. The summed E-state index contributed by atoms with van der Waals surface area (Å²) in [7, 11) is 0. The summed E-state index contributed by atoms with van der Waals surface area (Å²) in [6, 6.07) is 8.71. The van der Waals surface area contributed by atoms with Crippen LogP contribution in [-0.4, -0.2) is 17.4 Å². The van der Waals surface area contributed by atoms with E-state index in [9.17, 15) is 0 Å². The van der Waals surface area contributed by atoms with Crippen molar-refractivity contribution in [2.75, 3.05) is 6.61 Å². The van der Waals surface area contributed by atoms with Crippen LogP contribution in [0.15, 0.2) is 24.3 Å². The highest BCUT2D eigenvalue weighted by Crippen LogP contribution is 2.25. The Labute approximate surface area is 110 Å². The molecule has 1 aromatic rings. The van der Waals surface area contributed by atoms with Gasteiger partial charge in [-0.3, -0.25) is 0 Å². The van der Waals surface area contributed by atoms with Gasteiger partial charge in [0.05, 0.1) is 0 Å². The normalized spacial score (nSPS) is 17.8. The van der Waals surface area contributed by atoms with Gasteiger partial charge in [0.15, 0.2) is 0 Å². The molecule has 1 aromatic carbocycles. The van der Waals surface area contributed by atoms with E-state index in [0.29, 0.717) is 5.92 Å². The van der Waals surface area contributed by atoms with Crippen molar-refractivity contribution in [2.24, 2.45) is 5.92 Å². The number of hydrogen-bond donors (Lipinski definition) is 2. The molecular weight excluding hydrogens is 222 g/mol. The van der Waals surface area contributed by atoms with Gasteiger partial charge >= 0.3 is 0 Å². The highest BCUT2D eigenvalue weighted by molar-refractivity contribution is 5.85. The molecule has 2 heteroatoms. The molecule has 0 heterocycles. The van der Waals surface area contributed by atoms with E-state index in [2.05, 4.69) is 37.6 Å². The highest BCUT2D eigenvalue weighted by atomic mass is 16.2. The van der Waals surface area contributed by atoms with Gasteiger partial charge in [-0.05, 0) is 38.2 Å². The number of aliphatic hydroxyl groups is 1. The molecule has 2 rings (SSSR count). The molecule has 0 aromatic heterocycles. The number of aliphatic hydroxyl groups excluding tert-OH is 1. The second-order valence-electron chi connectivity index (χ2n) is 4.67. The van der Waals surface area contributed by atoms with Gasteiger partial charge in [-0.15, -0.1) is 6.42 Å². The van der Waals surface area contributed by atoms with Gasteiger partial charge in [-0.1, -0.05) is 35.7 Å². The van der Waals surface area contributed by atoms with Crippen molar-refractivity contribution in [3.05, 3.63) is 35.4 Å². The van der Waals surface area contributed by atoms with Crippen LogP contribution >= 0.6 is 0 Å². The number of hydrogen-bond acceptors (Lipinski definition) is 2. The molecule has 2 N–H and O–H groups in total. The van der Waals surface area contributed by atoms with E-state index in [1.54, 1.807) is 0 Å². The van der Waals surface area contributed by atoms with E-state index in [1.165, 1.54) is 24.0 Å². The maximum atomic E-state index is 7.80. The zero-order valence-corrected chi connectivity index (χ0v) is 10.9. The van der Waals surface area contributed by atoms with E-state index >= 15 is 0 Å². The van der Waals surface area contributed by atoms with Crippen molar-refractivity contribution in [1.82, 2.24) is 0 Å². The molecule has 1 aliphatic rings. The monoisotopic (exact) mass is 243 g/mol. The van der Waals surface area contributed by atoms with E-state index in [0.717, 1.165) is 18.6 Å². The molecule has 0 amide bonds. The Morgan fingerprint density at radius 1 is 1.39 bits per heavy atom. The minimum Gasteiger partial charge on any atom is -0.384 e. The third-order valence-electron chi connectivity index (χ3n) is 3.19. The summed E-state index contributed by atoms with van der Waals surface area (Å²) in [4.78, 5) is 0. The second kappa shape index (κ2) is 7.68. The fourth-order valence-electron chi connectivity index (χ4n) is 2.15. The summed E-state index contributed by atoms with van der Waals surface area (Å²) in [5.41, 5.74) is 3.66. The molecule has 2 nitrogen and oxygen atoms in total. The summed E-state index contributed by atoms with van der Waals surface area (Å²) in [6.45, 7) is 1.96. The van der Waals surface area contributed by atoms with Gasteiger partial charge < -0.3 is 10.5 Å². The van der Waals surface area contributed by atoms with Crippen LogP contribution < -0.4 is 0 Å². The summed E-state index contributed by atoms with van der Waals surface area (Å²) < 4.78 is 0. The predicted octanol–water partition coefficient (Wildman–Crippen LogP) is 2.97. The third kappa shape index (κ3) is 4.73. The zero-order valence-electron chi connectivity index (χ0n) is 10.9. The Bertz CT molecular complexity index is 414. The minimum absolute atomic E-state index is 0.153. The molecule has 0 spiro atoms. The quantitative estimate of drug-likeness (QED) is 0.771. The molecule has 1 atom stereocenters. The second-order valence-corrected chi connectivity index (χ2v) is 4.67. The average Bonchev–Trinajstić information content (AvgIpc) is 2.78. The van der Waals surface area contributed by atoms with Crippen molar-refractivity contribution >= 4 is 5.71 Å². The lowest BCUT2D eigenvalue weighted by Crippen LogP contribution is -2.08. The number of nitrogens with one attached hydrogen (secondary N) is 1. The van der Waals surface area contributed by atoms with Crippen LogP contribution in [0, 0.1) is 30.6 Å². The topological polar surface area (TPSA) is 44.1 Å². The summed E-state index contributed by atoms with van der Waals surface area (Å²) >= 11 is 0. The first-order valence-electron chi connectivity index (χ1n) is 6.34. The van der Waals surface area contributed by atoms with Crippen molar-refractivity contribution in [3.8, 4) is 12.3 Å². The molecule has 18 heavy (non-hydrogen) atoms. The van der Waals surface area contributed by atoms with Gasteiger partial charge in [-0.25, -0.2) is 0 Å². The first-order valence-corrected chi connectivity index (χ1v) is 6.34. The number of benzene rings is 1. The van der Waals surface area contributed by atoms with Crippen molar-refractivity contribution < 1.29 is 5.11 Å². The lowest BCUT2D eigenvalue weighted by molar-refractivity contribution is 0.351. The Kier molecular flexibility index (Phi) is 6.18. The van der Waals surface area contributed by atoms with E-state index < -0.39 is 0 Å². The predicted molar refractivity (Wildman–Crippen MR) is 75.9 cm³/mol. The van der Waals surface area contributed by atoms with Crippen LogP contribution in [0.4, 0.5) is 0 Å². The van der Waals surface area contributed by atoms with E-state index in [1.807, 2.05) is 5.92 Å². The van der Waals surface area contributed by atoms with Gasteiger partial charge in [0.1, 0.15) is 6.61 Å². The molecule has 1 unspecified atom stereocenters. The van der Waals surface area contributed by atoms with E-state index in [4.69, 9.17) is 10.5 Å². The van der Waals surface area contributed by atoms with Crippen molar-refractivity contribution in [2.45, 2.75) is 32.6 Å². The average molecular weight is 243 g/mol. The summed E-state index contributed by atoms with van der Waals surface area (Å²) in [5.74, 6) is 2.51. The maximum Gasteiger partial charge on any atom is 0.103 e. The van der Waals surface area contributed by atoms with Gasteiger partial charge in [-0.2, -0.15) is 0 Å². The zero-order chi connectivity index (χ0) is 13.4. The first-order chi connectivity index (χ1) is 8.67. The van der Waals surface area contributed by atoms with Crippen LogP contribution in [0.1, 0.15) is 30.4 Å². The molecule has 96 valence electrons. The number of aryl methyl sites for hydroxylation is 1. The molecule has 0 aliphatic heterocycles. The Morgan fingerprint density at radius 2 is 2.00 bits per heavy atom. The largest absolute Gasteiger partial charge is 0.384 e. The first kappa shape index (κ1) is 14.5. The minimum atomic E-state index is -0.153. The van der Waals surface area contributed by atoms with Gasteiger partial charge in [0.25, 0.3) is 0 Å². The third-order valence-corrected chi connectivity index (χ3v) is 3.19. The smallest absolute Gasteiger partial charge is 0.103 e. The fourth-order valence-corrected chi connectivity index (χ4v) is 2.15. The van der Waals surface area contributed by atoms with Gasteiger partial charge in [0, 0.05) is 11.6 Å². The fraction of sp³-hybridized carbons (Fsp3) is 0.438. The molecular formula is C16H21NO. The van der Waals surface area contributed by atoms with Crippen LogP contribution in [0.25, 0.3) is 0 Å². The van der Waals surface area contributed by atoms with E-state index in [-0.39, 0.29) is 6.61 Å². The number of terminal acetylenes is 1. The lowest BCUT2D eigenvalue weighted by Gasteiger charge is -2.09. The number of rotatable bonds is 2. The molecule has 1 saturated carbocycles. The molecule has 0 radical (unpaired) electrons.